The molecule has 0 saturated heterocycles. The molecule has 1 fully saturated rings. The fraction of sp³-hybridized carbons (Fsp3) is 0.450. The maximum atomic E-state index is 12.9. The van der Waals surface area contributed by atoms with Crippen LogP contribution in [0.5, 0.6) is 5.75 Å². The van der Waals surface area contributed by atoms with Crippen LogP contribution in [-0.4, -0.2) is 42.6 Å². The number of benzene rings is 1. The van der Waals surface area contributed by atoms with Gasteiger partial charge in [-0.2, -0.15) is 0 Å². The molecule has 7 nitrogen and oxygen atoms in total. The van der Waals surface area contributed by atoms with Gasteiger partial charge in [0.15, 0.2) is 0 Å². The van der Waals surface area contributed by atoms with Gasteiger partial charge in [0.1, 0.15) is 23.7 Å². The van der Waals surface area contributed by atoms with Crippen molar-refractivity contribution in [1.82, 2.24) is 9.97 Å². The summed E-state index contributed by atoms with van der Waals surface area (Å²) in [5.41, 5.74) is 1.81. The van der Waals surface area contributed by atoms with Crippen LogP contribution in [0.25, 0.3) is 0 Å². The fourth-order valence-corrected chi connectivity index (χ4v) is 3.87. The van der Waals surface area contributed by atoms with E-state index >= 15 is 0 Å². The highest BCUT2D eigenvalue weighted by atomic mass is 16.5. The Morgan fingerprint density at radius 2 is 1.85 bits per heavy atom. The molecular formula is C20H25N5O2. The summed E-state index contributed by atoms with van der Waals surface area (Å²) in [6.45, 7) is 0.722. The Labute approximate surface area is 159 Å². The first kappa shape index (κ1) is 17.6. The number of hydrogen-bond donors (Lipinski definition) is 1. The molecule has 27 heavy (non-hydrogen) atoms. The summed E-state index contributed by atoms with van der Waals surface area (Å²) in [5.74, 6) is 2.46. The highest BCUT2D eigenvalue weighted by Gasteiger charge is 2.29. The molecule has 1 aliphatic heterocycles. The van der Waals surface area contributed by atoms with E-state index in [1.165, 1.54) is 12.8 Å². The smallest absolute Gasteiger partial charge is 0.246 e. The van der Waals surface area contributed by atoms with Crippen molar-refractivity contribution < 1.29 is 9.53 Å². The molecule has 4 rings (SSSR count). The van der Waals surface area contributed by atoms with Gasteiger partial charge in [0.25, 0.3) is 0 Å². The molecule has 1 aliphatic carbocycles. The number of amides is 1. The van der Waals surface area contributed by atoms with Gasteiger partial charge >= 0.3 is 0 Å². The van der Waals surface area contributed by atoms with Crippen LogP contribution in [0.3, 0.4) is 0 Å². The molecule has 0 bridgehead atoms. The minimum atomic E-state index is 0.0347. The minimum absolute atomic E-state index is 0.0347. The highest BCUT2D eigenvalue weighted by Crippen LogP contribution is 2.32. The lowest BCUT2D eigenvalue weighted by atomic mass is 10.2. The predicted molar refractivity (Wildman–Crippen MR) is 105 cm³/mol. The van der Waals surface area contributed by atoms with Crippen molar-refractivity contribution in [3.63, 3.8) is 0 Å². The molecule has 0 spiro atoms. The van der Waals surface area contributed by atoms with Gasteiger partial charge in [-0.15, -0.1) is 0 Å². The average molecular weight is 367 g/mol. The zero-order valence-electron chi connectivity index (χ0n) is 15.8. The summed E-state index contributed by atoms with van der Waals surface area (Å²) in [7, 11) is 3.54. The van der Waals surface area contributed by atoms with E-state index in [1.807, 2.05) is 36.2 Å². The number of ether oxygens (including phenoxy) is 1. The number of fused-ring (bicyclic) bond motifs is 1. The Morgan fingerprint density at radius 1 is 1.11 bits per heavy atom. The van der Waals surface area contributed by atoms with Gasteiger partial charge in [-0.1, -0.05) is 12.8 Å². The normalized spacial score (nSPS) is 17.6. The average Bonchev–Trinajstić information content (AvgIpc) is 3.15. The SMILES string of the molecule is COc1ccc(N2Cc3c(NC4CCCC4)ncnc3N(C)CC2=O)cc1. The van der Waals surface area contributed by atoms with Crippen molar-refractivity contribution in [2.75, 3.05) is 35.8 Å². The number of aromatic nitrogens is 2. The molecule has 2 aliphatic rings. The molecule has 1 amide bonds. The molecule has 142 valence electrons. The summed E-state index contributed by atoms with van der Waals surface area (Å²) in [6, 6.07) is 8.02. The van der Waals surface area contributed by atoms with Crippen molar-refractivity contribution in [2.24, 2.45) is 0 Å². The molecule has 1 aromatic heterocycles. The van der Waals surface area contributed by atoms with Crippen LogP contribution in [0.4, 0.5) is 17.3 Å². The van der Waals surface area contributed by atoms with Gasteiger partial charge in [-0.05, 0) is 37.1 Å². The molecule has 0 atom stereocenters. The van der Waals surface area contributed by atoms with E-state index in [-0.39, 0.29) is 12.5 Å². The first-order valence-corrected chi connectivity index (χ1v) is 9.41. The Morgan fingerprint density at radius 3 is 2.56 bits per heavy atom. The Bertz CT molecular complexity index is 818. The topological polar surface area (TPSA) is 70.6 Å². The van der Waals surface area contributed by atoms with Crippen LogP contribution >= 0.6 is 0 Å². The number of methoxy groups -OCH3 is 1. The van der Waals surface area contributed by atoms with Crippen molar-refractivity contribution in [3.8, 4) is 5.75 Å². The van der Waals surface area contributed by atoms with Crippen molar-refractivity contribution in [2.45, 2.75) is 38.3 Å². The number of nitrogens with one attached hydrogen (secondary N) is 1. The molecule has 2 aromatic rings. The number of carbonyl (C=O) groups is 1. The van der Waals surface area contributed by atoms with Crippen LogP contribution in [0.15, 0.2) is 30.6 Å². The van der Waals surface area contributed by atoms with E-state index < -0.39 is 0 Å². The second-order valence-electron chi connectivity index (χ2n) is 7.18. The third-order valence-corrected chi connectivity index (χ3v) is 5.35. The zero-order chi connectivity index (χ0) is 18.8. The Kier molecular flexibility index (Phi) is 4.83. The molecule has 1 saturated carbocycles. The molecule has 2 heterocycles. The molecule has 7 heteroatoms. The highest BCUT2D eigenvalue weighted by molar-refractivity contribution is 5.97. The molecule has 0 radical (unpaired) electrons. The summed E-state index contributed by atoms with van der Waals surface area (Å²) >= 11 is 0. The second-order valence-corrected chi connectivity index (χ2v) is 7.18. The van der Waals surface area contributed by atoms with E-state index in [4.69, 9.17) is 4.74 Å². The van der Waals surface area contributed by atoms with E-state index in [0.717, 1.165) is 41.5 Å². The standard InChI is InChI=1S/C20H25N5O2/c1-24-12-18(26)25(15-7-9-16(27-2)10-8-15)11-17-19(21-13-22-20(17)24)23-14-5-3-4-6-14/h7-10,13-14H,3-6,11-12H2,1-2H3,(H,21,22,23). The van der Waals surface area contributed by atoms with Crippen LogP contribution in [0.2, 0.25) is 0 Å². The third-order valence-electron chi connectivity index (χ3n) is 5.35. The van der Waals surface area contributed by atoms with Gasteiger partial charge in [-0.25, -0.2) is 9.97 Å². The second kappa shape index (κ2) is 7.42. The predicted octanol–water partition coefficient (Wildman–Crippen LogP) is 2.82. The quantitative estimate of drug-likeness (QED) is 0.896. The van der Waals surface area contributed by atoms with E-state index in [1.54, 1.807) is 18.3 Å². The lowest BCUT2D eigenvalue weighted by Gasteiger charge is -2.22. The van der Waals surface area contributed by atoms with Gasteiger partial charge in [0.05, 0.1) is 25.8 Å². The lowest BCUT2D eigenvalue weighted by Crippen LogP contribution is -2.35. The summed E-state index contributed by atoms with van der Waals surface area (Å²) in [6.07, 6.45) is 6.41. The number of likely N-dealkylation sites (N-methyl/N-ethyl adjacent to an activating group) is 1. The summed E-state index contributed by atoms with van der Waals surface area (Å²) in [5, 5.41) is 3.59. The largest absolute Gasteiger partial charge is 0.497 e. The van der Waals surface area contributed by atoms with E-state index in [2.05, 4.69) is 15.3 Å². The first-order chi connectivity index (χ1) is 13.2. The Balaban J connectivity index is 1.68. The Hall–Kier alpha value is -2.83. The van der Waals surface area contributed by atoms with Gasteiger partial charge in [0.2, 0.25) is 5.91 Å². The van der Waals surface area contributed by atoms with Crippen LogP contribution in [0, 0.1) is 0 Å². The van der Waals surface area contributed by atoms with Crippen LogP contribution < -0.4 is 19.9 Å². The fourth-order valence-electron chi connectivity index (χ4n) is 3.87. The number of nitrogens with zero attached hydrogens (tertiary/aromatic N) is 4. The molecule has 1 aromatic carbocycles. The van der Waals surface area contributed by atoms with Crippen molar-refractivity contribution in [3.05, 3.63) is 36.2 Å². The maximum absolute atomic E-state index is 12.9. The number of rotatable bonds is 4. The van der Waals surface area contributed by atoms with Gasteiger partial charge < -0.3 is 19.9 Å². The van der Waals surface area contributed by atoms with Crippen LogP contribution in [-0.2, 0) is 11.3 Å². The number of anilines is 3. The van der Waals surface area contributed by atoms with E-state index in [0.29, 0.717) is 12.6 Å². The summed E-state index contributed by atoms with van der Waals surface area (Å²) < 4.78 is 5.23. The molecular weight excluding hydrogens is 342 g/mol. The van der Waals surface area contributed by atoms with Gasteiger partial charge in [-0.3, -0.25) is 4.79 Å². The van der Waals surface area contributed by atoms with Crippen molar-refractivity contribution >= 4 is 23.2 Å². The number of carbonyl (C=O) groups excluding carboxylic acids is 1. The number of hydrogen-bond acceptors (Lipinski definition) is 6. The summed E-state index contributed by atoms with van der Waals surface area (Å²) in [4.78, 5) is 25.6. The molecule has 1 N–H and O–H groups in total. The third kappa shape index (κ3) is 3.54. The van der Waals surface area contributed by atoms with Crippen molar-refractivity contribution in [1.29, 1.82) is 0 Å². The van der Waals surface area contributed by atoms with Gasteiger partial charge in [0, 0.05) is 18.8 Å². The monoisotopic (exact) mass is 367 g/mol. The minimum Gasteiger partial charge on any atom is -0.497 e. The first-order valence-electron chi connectivity index (χ1n) is 9.41. The van der Waals surface area contributed by atoms with Crippen LogP contribution in [0.1, 0.15) is 31.2 Å². The van der Waals surface area contributed by atoms with E-state index in [9.17, 15) is 4.79 Å². The zero-order valence-corrected chi connectivity index (χ0v) is 15.8. The molecule has 0 unspecified atom stereocenters. The lowest BCUT2D eigenvalue weighted by molar-refractivity contribution is -0.117. The maximum Gasteiger partial charge on any atom is 0.246 e.